The minimum atomic E-state index is 0.0287. The van der Waals surface area contributed by atoms with Gasteiger partial charge in [0.1, 0.15) is 0 Å². The van der Waals surface area contributed by atoms with E-state index in [1.807, 2.05) is 16.7 Å². The number of H-pyrrole nitrogens is 1. The van der Waals surface area contributed by atoms with Gasteiger partial charge in [0.2, 0.25) is 0 Å². The molecule has 4 nitrogen and oxygen atoms in total. The van der Waals surface area contributed by atoms with E-state index in [0.29, 0.717) is 12.0 Å². The van der Waals surface area contributed by atoms with Crippen LogP contribution in [-0.2, 0) is 6.54 Å². The van der Waals surface area contributed by atoms with Crippen molar-refractivity contribution in [2.24, 2.45) is 5.92 Å². The first-order valence-corrected chi connectivity index (χ1v) is 7.98. The number of fused-ring (bicyclic) bond motifs is 1. The van der Waals surface area contributed by atoms with Crippen molar-refractivity contribution in [1.29, 1.82) is 0 Å². The predicted octanol–water partition coefficient (Wildman–Crippen LogP) is 2.76. The molecule has 1 aliphatic rings. The van der Waals surface area contributed by atoms with Crippen molar-refractivity contribution in [3.63, 3.8) is 0 Å². The Kier molecular flexibility index (Phi) is 3.89. The Bertz CT molecular complexity index is 683. The van der Waals surface area contributed by atoms with Gasteiger partial charge in [0.25, 0.3) is 0 Å². The molecule has 1 unspecified atom stereocenters. The fraction of sp³-hybridized carbons (Fsp3) is 0.588. The highest BCUT2D eigenvalue weighted by molar-refractivity contribution is 5.78. The first-order valence-electron chi connectivity index (χ1n) is 7.98. The molecule has 4 heteroatoms. The molecule has 1 saturated heterocycles. The Balaban J connectivity index is 1.88. The Morgan fingerprint density at radius 2 is 2.19 bits per heavy atom. The van der Waals surface area contributed by atoms with Gasteiger partial charge in [0.05, 0.1) is 11.0 Å². The number of aromatic amines is 1. The molecular formula is C17H25N3O. The molecule has 0 radical (unpaired) electrons. The van der Waals surface area contributed by atoms with E-state index in [-0.39, 0.29) is 5.69 Å². The van der Waals surface area contributed by atoms with Gasteiger partial charge in [-0.05, 0) is 57.7 Å². The third-order valence-electron chi connectivity index (χ3n) is 4.72. The van der Waals surface area contributed by atoms with Crippen LogP contribution >= 0.6 is 0 Å². The summed E-state index contributed by atoms with van der Waals surface area (Å²) in [6.07, 6.45) is 2.45. The summed E-state index contributed by atoms with van der Waals surface area (Å²) in [6.45, 7) is 9.70. The van der Waals surface area contributed by atoms with Crippen LogP contribution in [0.25, 0.3) is 11.0 Å². The van der Waals surface area contributed by atoms with E-state index in [1.165, 1.54) is 24.9 Å². The van der Waals surface area contributed by atoms with Crippen molar-refractivity contribution in [2.75, 3.05) is 13.1 Å². The highest BCUT2D eigenvalue weighted by Gasteiger charge is 2.23. The number of para-hydroxylation sites is 1. The fourth-order valence-electron chi connectivity index (χ4n) is 3.55. The molecule has 1 atom stereocenters. The normalized spacial score (nSPS) is 20.5. The molecule has 0 bridgehead atoms. The summed E-state index contributed by atoms with van der Waals surface area (Å²) < 4.78 is 1.94. The van der Waals surface area contributed by atoms with Gasteiger partial charge in [-0.25, -0.2) is 4.79 Å². The Labute approximate surface area is 125 Å². The molecule has 1 fully saturated rings. The van der Waals surface area contributed by atoms with Crippen molar-refractivity contribution in [2.45, 2.75) is 46.2 Å². The maximum Gasteiger partial charge on any atom is 0.326 e. The smallest absolute Gasteiger partial charge is 0.306 e. The lowest BCUT2D eigenvalue weighted by molar-refractivity contribution is 0.131. The summed E-state index contributed by atoms with van der Waals surface area (Å²) in [6, 6.07) is 6.66. The highest BCUT2D eigenvalue weighted by Crippen LogP contribution is 2.22. The quantitative estimate of drug-likeness (QED) is 0.943. The molecule has 0 amide bonds. The van der Waals surface area contributed by atoms with Crippen LogP contribution in [0.1, 0.15) is 32.3 Å². The number of nitrogens with one attached hydrogen (secondary N) is 1. The summed E-state index contributed by atoms with van der Waals surface area (Å²) in [5, 5.41) is 0. The number of piperidine rings is 1. The van der Waals surface area contributed by atoms with Crippen LogP contribution in [0, 0.1) is 12.8 Å². The Morgan fingerprint density at radius 3 is 2.95 bits per heavy atom. The molecule has 3 rings (SSSR count). The van der Waals surface area contributed by atoms with Gasteiger partial charge in [-0.15, -0.1) is 0 Å². The number of nitrogens with zero attached hydrogens (tertiary/aromatic N) is 2. The van der Waals surface area contributed by atoms with E-state index in [0.717, 1.165) is 24.1 Å². The lowest BCUT2D eigenvalue weighted by atomic mass is 9.97. The summed E-state index contributed by atoms with van der Waals surface area (Å²) >= 11 is 0. The van der Waals surface area contributed by atoms with Crippen LogP contribution in [0.2, 0.25) is 0 Å². The van der Waals surface area contributed by atoms with E-state index >= 15 is 0 Å². The van der Waals surface area contributed by atoms with Gasteiger partial charge in [-0.3, -0.25) is 4.57 Å². The minimum absolute atomic E-state index is 0.0287. The lowest BCUT2D eigenvalue weighted by Crippen LogP contribution is -2.41. The van der Waals surface area contributed by atoms with Gasteiger partial charge in [-0.1, -0.05) is 12.1 Å². The van der Waals surface area contributed by atoms with Gasteiger partial charge in [0, 0.05) is 19.1 Å². The zero-order valence-electron chi connectivity index (χ0n) is 13.2. The molecular weight excluding hydrogens is 262 g/mol. The summed E-state index contributed by atoms with van der Waals surface area (Å²) in [5.74, 6) is 0.567. The maximum atomic E-state index is 12.3. The Morgan fingerprint density at radius 1 is 1.38 bits per heavy atom. The van der Waals surface area contributed by atoms with Crippen molar-refractivity contribution in [3.8, 4) is 0 Å². The molecule has 2 aromatic rings. The molecule has 0 saturated carbocycles. The number of benzene rings is 1. The summed E-state index contributed by atoms with van der Waals surface area (Å²) in [7, 11) is 0. The average molecular weight is 287 g/mol. The summed E-state index contributed by atoms with van der Waals surface area (Å²) in [4.78, 5) is 17.8. The van der Waals surface area contributed by atoms with Crippen LogP contribution in [0.5, 0.6) is 0 Å². The van der Waals surface area contributed by atoms with Crippen LogP contribution < -0.4 is 5.69 Å². The van der Waals surface area contributed by atoms with Crippen molar-refractivity contribution in [3.05, 3.63) is 34.2 Å². The van der Waals surface area contributed by atoms with Gasteiger partial charge >= 0.3 is 5.69 Å². The van der Waals surface area contributed by atoms with Crippen molar-refractivity contribution in [1.82, 2.24) is 14.5 Å². The van der Waals surface area contributed by atoms with Gasteiger partial charge in [-0.2, -0.15) is 0 Å². The number of aryl methyl sites for hydroxylation is 1. The molecule has 1 aromatic carbocycles. The second kappa shape index (κ2) is 5.68. The number of aromatic nitrogens is 2. The maximum absolute atomic E-state index is 12.3. The van der Waals surface area contributed by atoms with E-state index in [9.17, 15) is 4.79 Å². The van der Waals surface area contributed by atoms with Crippen LogP contribution in [-0.4, -0.2) is 33.6 Å². The number of likely N-dealkylation sites (tertiary alicyclic amines) is 1. The zero-order chi connectivity index (χ0) is 15.0. The molecule has 114 valence electrons. The molecule has 21 heavy (non-hydrogen) atoms. The van der Waals surface area contributed by atoms with E-state index < -0.39 is 0 Å². The third kappa shape index (κ3) is 2.77. The second-order valence-corrected chi connectivity index (χ2v) is 6.61. The highest BCUT2D eigenvalue weighted by atomic mass is 16.1. The van der Waals surface area contributed by atoms with Crippen LogP contribution in [0.4, 0.5) is 0 Å². The predicted molar refractivity (Wildman–Crippen MR) is 86.7 cm³/mol. The number of hydrogen-bond acceptors (Lipinski definition) is 2. The van der Waals surface area contributed by atoms with Crippen LogP contribution in [0.15, 0.2) is 23.0 Å². The fourth-order valence-corrected chi connectivity index (χ4v) is 3.55. The zero-order valence-corrected chi connectivity index (χ0v) is 13.2. The number of imidazole rings is 1. The van der Waals surface area contributed by atoms with E-state index in [4.69, 9.17) is 0 Å². The first kappa shape index (κ1) is 14.4. The minimum Gasteiger partial charge on any atom is -0.306 e. The first-order chi connectivity index (χ1) is 10.1. The van der Waals surface area contributed by atoms with Gasteiger partial charge in [0.15, 0.2) is 0 Å². The molecule has 1 aromatic heterocycles. The molecule has 1 aliphatic heterocycles. The molecule has 1 N–H and O–H groups in total. The number of rotatable bonds is 3. The largest absolute Gasteiger partial charge is 0.326 e. The topological polar surface area (TPSA) is 41.0 Å². The standard InChI is InChI=1S/C17H25N3O/c1-12(2)19-9-5-7-14(10-19)11-20-16-13(3)6-4-8-15(16)18-17(20)21/h4,6,8,12,14H,5,7,9-11H2,1-3H3,(H,18,21). The molecule has 0 aliphatic carbocycles. The molecule has 2 heterocycles. The van der Waals surface area contributed by atoms with Crippen molar-refractivity contribution < 1.29 is 0 Å². The number of hydrogen-bond donors (Lipinski definition) is 1. The second-order valence-electron chi connectivity index (χ2n) is 6.61. The third-order valence-corrected chi connectivity index (χ3v) is 4.72. The van der Waals surface area contributed by atoms with E-state index in [1.54, 1.807) is 0 Å². The monoisotopic (exact) mass is 287 g/mol. The Hall–Kier alpha value is -1.55. The summed E-state index contributed by atoms with van der Waals surface area (Å²) in [5.41, 5.74) is 3.23. The lowest BCUT2D eigenvalue weighted by Gasteiger charge is -2.35. The van der Waals surface area contributed by atoms with Crippen molar-refractivity contribution >= 4 is 11.0 Å². The van der Waals surface area contributed by atoms with Crippen LogP contribution in [0.3, 0.4) is 0 Å². The average Bonchev–Trinajstić information content (AvgIpc) is 2.77. The van der Waals surface area contributed by atoms with E-state index in [2.05, 4.69) is 36.7 Å². The van der Waals surface area contributed by atoms with Gasteiger partial charge < -0.3 is 9.88 Å². The molecule has 0 spiro atoms. The SMILES string of the molecule is Cc1cccc2[nH]c(=O)n(CC3CCCN(C(C)C)C3)c12.